The van der Waals surface area contributed by atoms with Crippen LogP contribution >= 0.6 is 23.1 Å². The fourth-order valence-electron chi connectivity index (χ4n) is 3.27. The minimum atomic E-state index is -0.0547. The lowest BCUT2D eigenvalue weighted by atomic mass is 10.2. The molecule has 2 aromatic heterocycles. The average Bonchev–Trinajstić information content (AvgIpc) is 3.43. The van der Waals surface area contributed by atoms with Crippen LogP contribution < -0.4 is 15.0 Å². The number of hydrogen-bond donors (Lipinski definition) is 0. The maximum Gasteiger partial charge on any atom is 0.272 e. The van der Waals surface area contributed by atoms with E-state index in [1.165, 1.54) is 23.1 Å². The van der Waals surface area contributed by atoms with Crippen molar-refractivity contribution >= 4 is 33.3 Å². The second-order valence-electron chi connectivity index (χ2n) is 6.71. The van der Waals surface area contributed by atoms with Crippen LogP contribution in [0.5, 0.6) is 11.5 Å². The van der Waals surface area contributed by atoms with Crippen LogP contribution in [0.4, 0.5) is 0 Å². The van der Waals surface area contributed by atoms with E-state index in [0.717, 1.165) is 11.1 Å². The molecule has 1 aliphatic heterocycles. The molecule has 0 N–H and O–H groups in total. The van der Waals surface area contributed by atoms with Crippen molar-refractivity contribution in [2.45, 2.75) is 17.5 Å². The van der Waals surface area contributed by atoms with Gasteiger partial charge in [0, 0.05) is 5.75 Å². The molecule has 8 heteroatoms. The lowest BCUT2D eigenvalue weighted by Gasteiger charge is -2.12. The first kappa shape index (κ1) is 18.7. The van der Waals surface area contributed by atoms with Crippen LogP contribution in [-0.2, 0) is 12.3 Å². The second-order valence-corrected chi connectivity index (χ2v) is 8.57. The molecule has 0 atom stereocenters. The van der Waals surface area contributed by atoms with Gasteiger partial charge in [0.2, 0.25) is 6.79 Å². The fourth-order valence-corrected chi connectivity index (χ4v) is 4.99. The fraction of sp³-hybridized carbons (Fsp3) is 0.136. The van der Waals surface area contributed by atoms with Crippen molar-refractivity contribution in [2.24, 2.45) is 0 Å². The summed E-state index contributed by atoms with van der Waals surface area (Å²) in [5.41, 5.74) is 3.22. The predicted octanol–water partition coefficient (Wildman–Crippen LogP) is 4.40. The molecule has 6 nitrogen and oxygen atoms in total. The number of benzene rings is 2. The first-order chi connectivity index (χ1) is 14.7. The molecule has 3 heterocycles. The molecule has 0 spiro atoms. The summed E-state index contributed by atoms with van der Waals surface area (Å²) in [4.78, 5) is 17.9. The Balaban J connectivity index is 1.50. The Morgan fingerprint density at radius 1 is 1.13 bits per heavy atom. The first-order valence-electron chi connectivity index (χ1n) is 9.20. The zero-order valence-electron chi connectivity index (χ0n) is 15.7. The van der Waals surface area contributed by atoms with Gasteiger partial charge in [-0.2, -0.15) is 5.26 Å². The molecule has 0 bridgehead atoms. The van der Waals surface area contributed by atoms with E-state index in [1.54, 1.807) is 10.6 Å². The third kappa shape index (κ3) is 3.54. The van der Waals surface area contributed by atoms with Gasteiger partial charge in [0.15, 0.2) is 16.7 Å². The Hall–Kier alpha value is -3.28. The number of thiophene rings is 1. The predicted molar refractivity (Wildman–Crippen MR) is 116 cm³/mol. The maximum absolute atomic E-state index is 13.2. The van der Waals surface area contributed by atoms with E-state index in [4.69, 9.17) is 19.7 Å². The second kappa shape index (κ2) is 7.86. The Morgan fingerprint density at radius 3 is 2.93 bits per heavy atom. The monoisotopic (exact) mass is 433 g/mol. The van der Waals surface area contributed by atoms with Crippen molar-refractivity contribution in [3.05, 3.63) is 81.0 Å². The van der Waals surface area contributed by atoms with Gasteiger partial charge in [-0.25, -0.2) is 4.98 Å². The van der Waals surface area contributed by atoms with Crippen molar-refractivity contribution in [3.8, 4) is 17.6 Å². The molecular formula is C22H15N3O3S2. The minimum Gasteiger partial charge on any atom is -0.454 e. The standard InChI is InChI=1S/C22H15N3O3S2/c23-10-14-2-1-3-16(8-14)12-30-22-24-17-6-7-29-20(17)21(26)25(22)11-15-4-5-18-19(9-15)28-13-27-18/h1-9H,11-13H2. The lowest BCUT2D eigenvalue weighted by Crippen LogP contribution is -2.23. The molecule has 0 unspecified atom stereocenters. The molecule has 30 heavy (non-hydrogen) atoms. The first-order valence-corrected chi connectivity index (χ1v) is 11.1. The molecule has 2 aromatic carbocycles. The van der Waals surface area contributed by atoms with Crippen molar-refractivity contribution in [3.63, 3.8) is 0 Å². The van der Waals surface area contributed by atoms with Gasteiger partial charge < -0.3 is 9.47 Å². The van der Waals surface area contributed by atoms with Gasteiger partial charge in [-0.3, -0.25) is 9.36 Å². The van der Waals surface area contributed by atoms with E-state index >= 15 is 0 Å². The van der Waals surface area contributed by atoms with Crippen LogP contribution in [0.2, 0.25) is 0 Å². The molecule has 0 aliphatic carbocycles. The molecule has 4 aromatic rings. The maximum atomic E-state index is 13.2. The van der Waals surface area contributed by atoms with Crippen LogP contribution in [0.15, 0.2) is 63.9 Å². The lowest BCUT2D eigenvalue weighted by molar-refractivity contribution is 0.174. The summed E-state index contributed by atoms with van der Waals surface area (Å²) in [6.07, 6.45) is 0. The largest absolute Gasteiger partial charge is 0.454 e. The van der Waals surface area contributed by atoms with E-state index in [-0.39, 0.29) is 12.4 Å². The molecule has 0 amide bonds. The van der Waals surface area contributed by atoms with E-state index < -0.39 is 0 Å². The highest BCUT2D eigenvalue weighted by Crippen LogP contribution is 2.33. The van der Waals surface area contributed by atoms with Gasteiger partial charge >= 0.3 is 0 Å². The quantitative estimate of drug-likeness (QED) is 0.343. The number of nitriles is 1. The van der Waals surface area contributed by atoms with Crippen LogP contribution in [0.25, 0.3) is 10.2 Å². The number of aromatic nitrogens is 2. The Morgan fingerprint density at radius 2 is 2.03 bits per heavy atom. The van der Waals surface area contributed by atoms with Gasteiger partial charge in [-0.1, -0.05) is 30.0 Å². The van der Waals surface area contributed by atoms with Crippen LogP contribution in [0.1, 0.15) is 16.7 Å². The normalized spacial score (nSPS) is 12.2. The van der Waals surface area contributed by atoms with Gasteiger partial charge in [-0.05, 0) is 46.8 Å². The average molecular weight is 434 g/mol. The Kier molecular flexibility index (Phi) is 4.91. The Bertz CT molecular complexity index is 1350. The van der Waals surface area contributed by atoms with Gasteiger partial charge in [0.1, 0.15) is 4.70 Å². The number of rotatable bonds is 5. The third-order valence-corrected chi connectivity index (χ3v) is 6.67. The highest BCUT2D eigenvalue weighted by Gasteiger charge is 2.17. The summed E-state index contributed by atoms with van der Waals surface area (Å²) in [5.74, 6) is 2.01. The van der Waals surface area contributed by atoms with E-state index in [0.29, 0.717) is 44.7 Å². The third-order valence-electron chi connectivity index (χ3n) is 4.73. The molecule has 1 aliphatic rings. The van der Waals surface area contributed by atoms with E-state index in [2.05, 4.69) is 6.07 Å². The van der Waals surface area contributed by atoms with E-state index in [9.17, 15) is 4.79 Å². The van der Waals surface area contributed by atoms with Crippen molar-refractivity contribution in [1.82, 2.24) is 9.55 Å². The zero-order valence-corrected chi connectivity index (χ0v) is 17.3. The summed E-state index contributed by atoms with van der Waals surface area (Å²) < 4.78 is 13.2. The minimum absolute atomic E-state index is 0.0547. The molecule has 0 saturated heterocycles. The summed E-state index contributed by atoms with van der Waals surface area (Å²) in [6.45, 7) is 0.598. The summed E-state index contributed by atoms with van der Waals surface area (Å²) in [6, 6.07) is 17.2. The van der Waals surface area contributed by atoms with Gasteiger partial charge in [0.05, 0.1) is 23.7 Å². The number of ether oxygens (including phenoxy) is 2. The van der Waals surface area contributed by atoms with Crippen molar-refractivity contribution in [1.29, 1.82) is 5.26 Å². The zero-order chi connectivity index (χ0) is 20.5. The number of thioether (sulfide) groups is 1. The van der Waals surface area contributed by atoms with Crippen molar-refractivity contribution < 1.29 is 9.47 Å². The Labute approximate surface area is 180 Å². The number of fused-ring (bicyclic) bond motifs is 2. The van der Waals surface area contributed by atoms with Crippen molar-refractivity contribution in [2.75, 3.05) is 6.79 Å². The molecule has 0 radical (unpaired) electrons. The SMILES string of the molecule is N#Cc1cccc(CSc2nc3ccsc3c(=O)n2Cc2ccc3c(c2)OCO3)c1. The molecule has 148 valence electrons. The van der Waals surface area contributed by atoms with Crippen LogP contribution in [-0.4, -0.2) is 16.3 Å². The van der Waals surface area contributed by atoms with Crippen LogP contribution in [0, 0.1) is 11.3 Å². The highest BCUT2D eigenvalue weighted by atomic mass is 32.2. The van der Waals surface area contributed by atoms with Gasteiger partial charge in [0.25, 0.3) is 5.56 Å². The molecule has 5 rings (SSSR count). The summed E-state index contributed by atoms with van der Waals surface area (Å²) in [5, 5.41) is 11.6. The highest BCUT2D eigenvalue weighted by molar-refractivity contribution is 7.98. The summed E-state index contributed by atoms with van der Waals surface area (Å²) >= 11 is 2.89. The number of nitrogens with zero attached hydrogens (tertiary/aromatic N) is 3. The van der Waals surface area contributed by atoms with E-state index in [1.807, 2.05) is 47.8 Å². The molecule has 0 fully saturated rings. The van der Waals surface area contributed by atoms with Crippen LogP contribution in [0.3, 0.4) is 0 Å². The summed E-state index contributed by atoms with van der Waals surface area (Å²) in [7, 11) is 0. The smallest absolute Gasteiger partial charge is 0.272 e. The molecular weight excluding hydrogens is 418 g/mol. The molecule has 0 saturated carbocycles. The number of hydrogen-bond acceptors (Lipinski definition) is 7. The topological polar surface area (TPSA) is 77.1 Å². The van der Waals surface area contributed by atoms with Gasteiger partial charge in [-0.15, -0.1) is 11.3 Å².